The first-order chi connectivity index (χ1) is 14.1. The van der Waals surface area contributed by atoms with E-state index >= 15 is 0 Å². The zero-order valence-electron chi connectivity index (χ0n) is 16.3. The summed E-state index contributed by atoms with van der Waals surface area (Å²) < 4.78 is 56.0. The van der Waals surface area contributed by atoms with Gasteiger partial charge in [0.15, 0.2) is 0 Å². The number of allylic oxidation sites excluding steroid dienone is 4. The minimum Gasteiger partial charge on any atom is -0.328 e. The number of halogens is 4. The largest absolute Gasteiger partial charge is 0.396 e. The van der Waals surface area contributed by atoms with Crippen LogP contribution >= 0.6 is 23.7 Å². The number of carbonyl (C=O) groups is 1. The van der Waals surface area contributed by atoms with Gasteiger partial charge in [0.1, 0.15) is 11.4 Å². The Kier molecular flexibility index (Phi) is 8.41. The molecule has 0 fully saturated rings. The minimum atomic E-state index is -4.58. The number of hydrogen-bond acceptors (Lipinski definition) is 5. The highest BCUT2D eigenvalue weighted by Gasteiger charge is 2.44. The number of nitriles is 1. The maximum absolute atomic E-state index is 13.3. The molecular formula is C20H21F4N3OS2. The summed E-state index contributed by atoms with van der Waals surface area (Å²) >= 11 is 2.57. The zero-order valence-corrected chi connectivity index (χ0v) is 18.0. The number of nitrogens with zero attached hydrogens (tertiary/aromatic N) is 1. The zero-order chi connectivity index (χ0) is 22.4. The average Bonchev–Trinajstić information content (AvgIpc) is 2.71. The third-order valence-corrected chi connectivity index (χ3v) is 6.53. The van der Waals surface area contributed by atoms with E-state index in [0.717, 1.165) is 11.0 Å². The summed E-state index contributed by atoms with van der Waals surface area (Å²) in [4.78, 5) is 13.8. The van der Waals surface area contributed by atoms with Crippen molar-refractivity contribution >= 4 is 29.6 Å². The third-order valence-electron chi connectivity index (χ3n) is 4.70. The number of alkyl halides is 3. The Bertz CT molecular complexity index is 862. The van der Waals surface area contributed by atoms with Gasteiger partial charge in [-0.25, -0.2) is 9.11 Å². The van der Waals surface area contributed by atoms with Gasteiger partial charge < -0.3 is 5.32 Å². The van der Waals surface area contributed by atoms with E-state index in [1.54, 1.807) is 31.4 Å². The van der Waals surface area contributed by atoms with Crippen LogP contribution in [0.15, 0.2) is 52.6 Å². The van der Waals surface area contributed by atoms with Crippen LogP contribution in [0.25, 0.3) is 0 Å². The van der Waals surface area contributed by atoms with Crippen LogP contribution in [0.3, 0.4) is 0 Å². The molecule has 0 aromatic heterocycles. The second-order valence-electron chi connectivity index (χ2n) is 6.66. The fourth-order valence-electron chi connectivity index (χ4n) is 2.88. The lowest BCUT2D eigenvalue weighted by Gasteiger charge is -2.33. The van der Waals surface area contributed by atoms with Crippen molar-refractivity contribution in [3.63, 3.8) is 0 Å². The molecule has 2 N–H and O–H groups in total. The van der Waals surface area contributed by atoms with Gasteiger partial charge in [-0.1, -0.05) is 18.9 Å². The van der Waals surface area contributed by atoms with Crippen molar-refractivity contribution in [2.24, 2.45) is 5.92 Å². The molecule has 2 unspecified atom stereocenters. The molecule has 0 bridgehead atoms. The highest BCUT2D eigenvalue weighted by molar-refractivity contribution is 7.99. The Morgan fingerprint density at radius 3 is 2.47 bits per heavy atom. The Hall–Kier alpha value is -1.96. The van der Waals surface area contributed by atoms with Crippen LogP contribution in [0.2, 0.25) is 0 Å². The summed E-state index contributed by atoms with van der Waals surface area (Å²) in [5, 5.41) is 11.6. The van der Waals surface area contributed by atoms with Gasteiger partial charge >= 0.3 is 6.18 Å². The Morgan fingerprint density at radius 1 is 1.27 bits per heavy atom. The molecule has 1 aromatic carbocycles. The fraction of sp³-hybridized carbons (Fsp3) is 0.400. The van der Waals surface area contributed by atoms with E-state index < -0.39 is 30.0 Å². The number of carbonyl (C=O) groups excluding carboxylic acids is 1. The first-order valence-electron chi connectivity index (χ1n) is 9.02. The van der Waals surface area contributed by atoms with Crippen molar-refractivity contribution in [3.05, 3.63) is 53.5 Å². The lowest BCUT2D eigenvalue weighted by atomic mass is 9.89. The minimum absolute atomic E-state index is 0.105. The highest BCUT2D eigenvalue weighted by atomic mass is 32.2. The van der Waals surface area contributed by atoms with Crippen LogP contribution in [-0.2, 0) is 4.79 Å². The molecule has 1 aliphatic rings. The molecule has 2 atom stereocenters. The van der Waals surface area contributed by atoms with Crippen molar-refractivity contribution in [3.8, 4) is 6.07 Å². The summed E-state index contributed by atoms with van der Waals surface area (Å²) in [6.45, 7) is 1.80. The summed E-state index contributed by atoms with van der Waals surface area (Å²) in [5.41, 5.74) is -1.34. The Morgan fingerprint density at radius 2 is 1.93 bits per heavy atom. The first kappa shape index (κ1) is 24.3. The van der Waals surface area contributed by atoms with E-state index in [1.807, 2.05) is 0 Å². The van der Waals surface area contributed by atoms with Crippen LogP contribution in [0.1, 0.15) is 19.8 Å². The van der Waals surface area contributed by atoms with Gasteiger partial charge in [0.05, 0.1) is 12.0 Å². The molecule has 0 spiro atoms. The van der Waals surface area contributed by atoms with Gasteiger partial charge in [0.2, 0.25) is 5.91 Å². The molecule has 2 rings (SSSR count). The van der Waals surface area contributed by atoms with Gasteiger partial charge in [-0.15, -0.1) is 11.8 Å². The third kappa shape index (κ3) is 6.03. The number of hydrogen-bond donors (Lipinski definition) is 2. The van der Waals surface area contributed by atoms with Crippen LogP contribution in [0.4, 0.5) is 17.6 Å². The molecule has 0 aliphatic heterocycles. The fourth-order valence-corrected chi connectivity index (χ4v) is 4.82. The predicted molar refractivity (Wildman–Crippen MR) is 111 cm³/mol. The Labute approximate surface area is 181 Å². The molecular weight excluding hydrogens is 438 g/mol. The quantitative estimate of drug-likeness (QED) is 0.327. The van der Waals surface area contributed by atoms with Gasteiger partial charge in [-0.05, 0) is 49.1 Å². The van der Waals surface area contributed by atoms with Crippen molar-refractivity contribution < 1.29 is 22.4 Å². The van der Waals surface area contributed by atoms with Crippen LogP contribution in [-0.4, -0.2) is 29.6 Å². The molecule has 0 saturated heterocycles. The molecule has 10 heteroatoms. The van der Waals surface area contributed by atoms with E-state index in [1.165, 1.54) is 41.9 Å². The van der Waals surface area contributed by atoms with Crippen LogP contribution in [0, 0.1) is 23.1 Å². The molecule has 1 aliphatic carbocycles. The van der Waals surface area contributed by atoms with Gasteiger partial charge in [-0.3, -0.25) is 4.79 Å². The summed E-state index contributed by atoms with van der Waals surface area (Å²) in [6.07, 6.45) is -0.515. The summed E-state index contributed by atoms with van der Waals surface area (Å²) in [6, 6.07) is 7.42. The van der Waals surface area contributed by atoms with E-state index in [-0.39, 0.29) is 22.8 Å². The second kappa shape index (κ2) is 10.4. The average molecular weight is 460 g/mol. The monoisotopic (exact) mass is 459 g/mol. The molecule has 1 amide bonds. The molecule has 0 radical (unpaired) electrons. The number of thioether (sulfide) groups is 1. The molecule has 1 aromatic rings. The standard InChI is InChI=1S/C20H21F4N3OS2/c1-3-19(27-29-2,12-30-16-8-5-14(21)6-9-16)18(28)26-15-7-4-13(11-25)17(10-15)20(22,23)24/h4-9,17,27H,3,10,12H2,1-2H3,(H,26,28). The first-order valence-corrected chi connectivity index (χ1v) is 11.2. The van der Waals surface area contributed by atoms with Gasteiger partial charge in [-0.2, -0.15) is 18.4 Å². The van der Waals surface area contributed by atoms with E-state index in [9.17, 15) is 22.4 Å². The number of benzene rings is 1. The van der Waals surface area contributed by atoms with Gasteiger partial charge in [0.25, 0.3) is 0 Å². The second-order valence-corrected chi connectivity index (χ2v) is 8.32. The smallest absolute Gasteiger partial charge is 0.328 e. The van der Waals surface area contributed by atoms with Crippen LogP contribution < -0.4 is 10.0 Å². The molecule has 4 nitrogen and oxygen atoms in total. The molecule has 30 heavy (non-hydrogen) atoms. The summed E-state index contributed by atoms with van der Waals surface area (Å²) in [5.74, 6) is -2.48. The van der Waals surface area contributed by atoms with E-state index in [0.29, 0.717) is 6.42 Å². The maximum atomic E-state index is 13.3. The van der Waals surface area contributed by atoms with E-state index in [2.05, 4.69) is 10.0 Å². The van der Waals surface area contributed by atoms with Crippen LogP contribution in [0.5, 0.6) is 0 Å². The number of nitrogens with one attached hydrogen (secondary N) is 2. The normalized spacial score (nSPS) is 18.6. The molecule has 0 saturated carbocycles. The lowest BCUT2D eigenvalue weighted by Crippen LogP contribution is -2.56. The predicted octanol–water partition coefficient (Wildman–Crippen LogP) is 4.97. The van der Waals surface area contributed by atoms with Crippen molar-refractivity contribution in [2.75, 3.05) is 12.0 Å². The molecule has 0 heterocycles. The number of amides is 1. The Balaban J connectivity index is 2.18. The maximum Gasteiger partial charge on any atom is 0.396 e. The van der Waals surface area contributed by atoms with Crippen molar-refractivity contribution in [1.29, 1.82) is 5.26 Å². The van der Waals surface area contributed by atoms with Crippen molar-refractivity contribution in [2.45, 2.75) is 36.4 Å². The SMILES string of the molecule is CCC(CSc1ccc(F)cc1)(NSC)C(=O)NC1=CC=C(C#N)C(C(F)(F)F)C1. The molecule has 162 valence electrons. The lowest BCUT2D eigenvalue weighted by molar-refractivity contribution is -0.163. The number of rotatable bonds is 8. The summed E-state index contributed by atoms with van der Waals surface area (Å²) in [7, 11) is 0. The van der Waals surface area contributed by atoms with Gasteiger partial charge in [0, 0.05) is 28.3 Å². The topological polar surface area (TPSA) is 64.9 Å². The highest BCUT2D eigenvalue weighted by Crippen LogP contribution is 2.38. The van der Waals surface area contributed by atoms with Crippen molar-refractivity contribution in [1.82, 2.24) is 10.0 Å². The van der Waals surface area contributed by atoms with E-state index in [4.69, 9.17) is 5.26 Å².